The van der Waals surface area contributed by atoms with Crippen LogP contribution in [0.4, 0.5) is 0 Å². The van der Waals surface area contributed by atoms with Crippen LogP contribution in [0.25, 0.3) is 0 Å². The lowest BCUT2D eigenvalue weighted by atomic mass is 10.2. The van der Waals surface area contributed by atoms with Gasteiger partial charge in [0.15, 0.2) is 5.06 Å². The molecule has 0 saturated heterocycles. The highest BCUT2D eigenvalue weighted by Crippen LogP contribution is 2.37. The van der Waals surface area contributed by atoms with Gasteiger partial charge in [-0.3, -0.25) is 0 Å². The van der Waals surface area contributed by atoms with Crippen LogP contribution in [0.5, 0.6) is 10.8 Å². The van der Waals surface area contributed by atoms with Crippen molar-refractivity contribution in [3.8, 4) is 10.8 Å². The average Bonchev–Trinajstić information content (AvgIpc) is 2.71. The summed E-state index contributed by atoms with van der Waals surface area (Å²) in [7, 11) is 0. The lowest BCUT2D eigenvalue weighted by Gasteiger charge is -2.05. The van der Waals surface area contributed by atoms with E-state index in [1.54, 1.807) is 23.1 Å². The number of thiophene rings is 1. The molecule has 0 radical (unpaired) electrons. The largest absolute Gasteiger partial charge is 0.446 e. The molecule has 1 aromatic carbocycles. The number of thioether (sulfide) groups is 1. The Bertz CT molecular complexity index is 491. The molecule has 17 heavy (non-hydrogen) atoms. The van der Waals surface area contributed by atoms with Crippen LogP contribution in [-0.4, -0.2) is 6.26 Å². The number of benzene rings is 1. The van der Waals surface area contributed by atoms with E-state index in [1.807, 2.05) is 24.3 Å². The van der Waals surface area contributed by atoms with Crippen LogP contribution in [0.2, 0.25) is 0 Å². The molecule has 1 aromatic heterocycles. The zero-order valence-electron chi connectivity index (χ0n) is 9.70. The van der Waals surface area contributed by atoms with Crippen molar-refractivity contribution < 1.29 is 4.74 Å². The predicted octanol–water partition coefficient (Wildman–Crippen LogP) is 5.31. The fourth-order valence-corrected chi connectivity index (χ4v) is 3.43. The molecule has 0 aliphatic rings. The van der Waals surface area contributed by atoms with E-state index >= 15 is 0 Å². The van der Waals surface area contributed by atoms with Gasteiger partial charge in [-0.05, 0) is 30.9 Å². The van der Waals surface area contributed by atoms with Crippen LogP contribution < -0.4 is 4.74 Å². The fraction of sp³-hybridized carbons (Fsp3) is 0.231. The Labute approximate surface area is 115 Å². The van der Waals surface area contributed by atoms with Gasteiger partial charge in [0.2, 0.25) is 0 Å². The van der Waals surface area contributed by atoms with Crippen LogP contribution in [-0.2, 0) is 5.88 Å². The SMILES string of the molecule is CSc1csc(Oc2ccc(CCl)cc2)c1C. The first-order valence-electron chi connectivity index (χ1n) is 5.19. The van der Waals surface area contributed by atoms with E-state index in [0.717, 1.165) is 16.4 Å². The van der Waals surface area contributed by atoms with Crippen LogP contribution in [0.1, 0.15) is 11.1 Å². The van der Waals surface area contributed by atoms with E-state index < -0.39 is 0 Å². The summed E-state index contributed by atoms with van der Waals surface area (Å²) in [5.74, 6) is 1.39. The summed E-state index contributed by atoms with van der Waals surface area (Å²) >= 11 is 9.13. The van der Waals surface area contributed by atoms with E-state index in [2.05, 4.69) is 18.6 Å². The second kappa shape index (κ2) is 5.80. The first-order valence-corrected chi connectivity index (χ1v) is 7.83. The van der Waals surface area contributed by atoms with Crippen molar-refractivity contribution in [2.24, 2.45) is 0 Å². The standard InChI is InChI=1S/C13H13ClOS2/c1-9-12(16-2)8-17-13(9)15-11-5-3-10(7-14)4-6-11/h3-6,8H,7H2,1-2H3. The Morgan fingerprint density at radius 1 is 1.29 bits per heavy atom. The van der Waals surface area contributed by atoms with Gasteiger partial charge in [0.05, 0.1) is 0 Å². The smallest absolute Gasteiger partial charge is 0.184 e. The van der Waals surface area contributed by atoms with Gasteiger partial charge < -0.3 is 4.74 Å². The molecule has 0 saturated carbocycles. The van der Waals surface area contributed by atoms with Gasteiger partial charge in [-0.25, -0.2) is 0 Å². The van der Waals surface area contributed by atoms with Crippen molar-refractivity contribution in [1.82, 2.24) is 0 Å². The second-order valence-corrected chi connectivity index (χ2v) is 5.55. The summed E-state index contributed by atoms with van der Waals surface area (Å²) in [6, 6.07) is 7.88. The highest BCUT2D eigenvalue weighted by molar-refractivity contribution is 7.98. The van der Waals surface area contributed by atoms with Crippen LogP contribution in [0.3, 0.4) is 0 Å². The van der Waals surface area contributed by atoms with Gasteiger partial charge in [0.1, 0.15) is 5.75 Å². The molecule has 4 heteroatoms. The van der Waals surface area contributed by atoms with Gasteiger partial charge in [-0.1, -0.05) is 12.1 Å². The predicted molar refractivity (Wildman–Crippen MR) is 76.9 cm³/mol. The molecule has 0 amide bonds. The Hall–Kier alpha value is -0.640. The molecular formula is C13H13ClOS2. The van der Waals surface area contributed by atoms with E-state index in [4.69, 9.17) is 16.3 Å². The van der Waals surface area contributed by atoms with Gasteiger partial charge in [-0.2, -0.15) is 0 Å². The average molecular weight is 285 g/mol. The van der Waals surface area contributed by atoms with Crippen LogP contribution in [0, 0.1) is 6.92 Å². The molecule has 1 nitrogen and oxygen atoms in total. The fourth-order valence-electron chi connectivity index (χ4n) is 1.44. The molecule has 0 aliphatic carbocycles. The quantitative estimate of drug-likeness (QED) is 0.556. The third kappa shape index (κ3) is 2.97. The molecule has 2 aromatic rings. The van der Waals surface area contributed by atoms with Crippen molar-refractivity contribution in [1.29, 1.82) is 0 Å². The van der Waals surface area contributed by atoms with Gasteiger partial charge in [0.25, 0.3) is 0 Å². The third-order valence-electron chi connectivity index (χ3n) is 2.46. The summed E-state index contributed by atoms with van der Waals surface area (Å²) in [5.41, 5.74) is 2.32. The number of rotatable bonds is 4. The summed E-state index contributed by atoms with van der Waals surface area (Å²) in [6.45, 7) is 2.09. The van der Waals surface area contributed by atoms with Gasteiger partial charge in [-0.15, -0.1) is 34.7 Å². The molecule has 1 heterocycles. The second-order valence-electron chi connectivity index (χ2n) is 3.60. The monoisotopic (exact) mass is 284 g/mol. The minimum Gasteiger partial charge on any atom is -0.446 e. The molecule has 90 valence electrons. The maximum Gasteiger partial charge on any atom is 0.184 e. The minimum atomic E-state index is 0.537. The zero-order chi connectivity index (χ0) is 12.3. The zero-order valence-corrected chi connectivity index (χ0v) is 12.1. The lowest BCUT2D eigenvalue weighted by molar-refractivity contribution is 0.492. The molecule has 0 N–H and O–H groups in total. The molecular weight excluding hydrogens is 272 g/mol. The molecule has 0 fully saturated rings. The van der Waals surface area contributed by atoms with E-state index in [9.17, 15) is 0 Å². The Balaban J connectivity index is 2.16. The van der Waals surface area contributed by atoms with Crippen molar-refractivity contribution >= 4 is 34.7 Å². The van der Waals surface area contributed by atoms with Crippen molar-refractivity contribution in [3.05, 3.63) is 40.8 Å². The van der Waals surface area contributed by atoms with Crippen LogP contribution >= 0.6 is 34.7 Å². The summed E-state index contributed by atoms with van der Waals surface area (Å²) < 4.78 is 5.85. The Morgan fingerprint density at radius 2 is 2.00 bits per heavy atom. The normalized spacial score (nSPS) is 10.5. The molecule has 0 atom stereocenters. The van der Waals surface area contributed by atoms with Crippen molar-refractivity contribution in [3.63, 3.8) is 0 Å². The number of hydrogen-bond donors (Lipinski definition) is 0. The third-order valence-corrected chi connectivity index (χ3v) is 4.74. The van der Waals surface area contributed by atoms with Crippen LogP contribution in [0.15, 0.2) is 34.5 Å². The number of hydrogen-bond acceptors (Lipinski definition) is 3. The number of ether oxygens (including phenoxy) is 1. The molecule has 0 bridgehead atoms. The molecule has 0 unspecified atom stereocenters. The molecule has 0 spiro atoms. The number of alkyl halides is 1. The Morgan fingerprint density at radius 3 is 2.53 bits per heavy atom. The van der Waals surface area contributed by atoms with E-state index in [1.165, 1.54) is 10.5 Å². The maximum absolute atomic E-state index is 5.85. The molecule has 2 rings (SSSR count). The number of halogens is 1. The van der Waals surface area contributed by atoms with Crippen molar-refractivity contribution in [2.45, 2.75) is 17.7 Å². The maximum atomic E-state index is 5.85. The minimum absolute atomic E-state index is 0.537. The van der Waals surface area contributed by atoms with E-state index in [-0.39, 0.29) is 0 Å². The first kappa shape index (κ1) is 12.8. The highest BCUT2D eigenvalue weighted by atomic mass is 35.5. The topological polar surface area (TPSA) is 9.23 Å². The lowest BCUT2D eigenvalue weighted by Crippen LogP contribution is -1.84. The first-order chi connectivity index (χ1) is 8.24. The van der Waals surface area contributed by atoms with Gasteiger partial charge in [0, 0.05) is 21.7 Å². The molecule has 0 aliphatic heterocycles. The summed E-state index contributed by atoms with van der Waals surface area (Å²) in [4.78, 5) is 1.28. The van der Waals surface area contributed by atoms with Crippen molar-refractivity contribution in [2.75, 3.05) is 6.26 Å². The summed E-state index contributed by atoms with van der Waals surface area (Å²) in [5, 5.41) is 3.09. The summed E-state index contributed by atoms with van der Waals surface area (Å²) in [6.07, 6.45) is 2.08. The van der Waals surface area contributed by atoms with Gasteiger partial charge >= 0.3 is 0 Å². The Kier molecular flexibility index (Phi) is 4.37. The highest BCUT2D eigenvalue weighted by Gasteiger charge is 2.08. The van der Waals surface area contributed by atoms with E-state index in [0.29, 0.717) is 5.88 Å².